The van der Waals surface area contributed by atoms with E-state index in [1.165, 1.54) is 19.3 Å². The van der Waals surface area contributed by atoms with E-state index < -0.39 is 8.80 Å². The zero-order valence-electron chi connectivity index (χ0n) is 10.6. The molecule has 1 amide bonds. The summed E-state index contributed by atoms with van der Waals surface area (Å²) in [6.45, 7) is 2.55. The van der Waals surface area contributed by atoms with E-state index in [-0.39, 0.29) is 12.0 Å². The van der Waals surface area contributed by atoms with Gasteiger partial charge in [-0.05, 0) is 12.8 Å². The second kappa shape index (κ2) is 9.58. The van der Waals surface area contributed by atoms with Crippen LogP contribution < -0.4 is 5.32 Å². The Morgan fingerprint density at radius 1 is 1.06 bits per heavy atom. The summed E-state index contributed by atoms with van der Waals surface area (Å²) in [5, 5.41) is 2.70. The van der Waals surface area contributed by atoms with Crippen molar-refractivity contribution in [1.82, 2.24) is 5.32 Å². The van der Waals surface area contributed by atoms with Gasteiger partial charge in [0.1, 0.15) is 0 Å². The van der Waals surface area contributed by atoms with Crippen molar-refractivity contribution in [3.05, 3.63) is 0 Å². The summed E-state index contributed by atoms with van der Waals surface area (Å²) in [6, 6.07) is -0.0240. The minimum Gasteiger partial charge on any atom is -0.390 e. The first-order chi connectivity index (χ1) is 7.95. The molecule has 5 nitrogen and oxygen atoms in total. The molecule has 0 aromatic heterocycles. The molecule has 0 bridgehead atoms. The summed E-state index contributed by atoms with van der Waals surface area (Å²) < 4.78 is 0. The molecular weight excluding hydrogens is 238 g/mol. The molecule has 0 saturated heterocycles. The van der Waals surface area contributed by atoms with Crippen molar-refractivity contribution in [2.75, 3.05) is 6.54 Å². The highest BCUT2D eigenvalue weighted by molar-refractivity contribution is 6.56. The van der Waals surface area contributed by atoms with Crippen LogP contribution in [-0.2, 0) is 4.79 Å². The molecular formula is C11H25NO4Si. The summed E-state index contributed by atoms with van der Waals surface area (Å²) >= 11 is 0. The van der Waals surface area contributed by atoms with E-state index in [0.717, 1.165) is 12.8 Å². The first kappa shape index (κ1) is 16.6. The number of hydrogen-bond acceptors (Lipinski definition) is 4. The number of hydrogen-bond donors (Lipinski definition) is 4. The van der Waals surface area contributed by atoms with Gasteiger partial charge in [0.05, 0.1) is 0 Å². The quantitative estimate of drug-likeness (QED) is 0.346. The third-order valence-corrected chi connectivity index (χ3v) is 3.54. The van der Waals surface area contributed by atoms with Gasteiger partial charge in [0.25, 0.3) is 0 Å². The molecule has 0 unspecified atom stereocenters. The second-order valence-electron chi connectivity index (χ2n) is 4.39. The standard InChI is InChI=1S/C11H25NO4Si/c1-2-3-4-5-6-8-11(13)12-9-7-10-17(14,15)16/h14-16H,2-10H2,1H3,(H,12,13). The van der Waals surface area contributed by atoms with Crippen LogP contribution in [0, 0.1) is 0 Å². The third-order valence-electron chi connectivity index (χ3n) is 2.52. The molecule has 0 atom stereocenters. The number of nitrogens with one attached hydrogen (secondary N) is 1. The van der Waals surface area contributed by atoms with E-state index in [1.807, 2.05) is 0 Å². The molecule has 0 aliphatic carbocycles. The molecule has 0 aliphatic rings. The van der Waals surface area contributed by atoms with E-state index in [0.29, 0.717) is 19.4 Å². The molecule has 102 valence electrons. The van der Waals surface area contributed by atoms with Gasteiger partial charge in [0.15, 0.2) is 0 Å². The van der Waals surface area contributed by atoms with E-state index in [1.54, 1.807) is 0 Å². The molecule has 0 spiro atoms. The number of carbonyl (C=O) groups is 1. The van der Waals surface area contributed by atoms with Gasteiger partial charge in [-0.2, -0.15) is 0 Å². The number of unbranched alkanes of at least 4 members (excludes halogenated alkanes) is 4. The van der Waals surface area contributed by atoms with E-state index in [9.17, 15) is 4.79 Å². The van der Waals surface area contributed by atoms with Crippen molar-refractivity contribution in [3.63, 3.8) is 0 Å². The Kier molecular flexibility index (Phi) is 9.34. The van der Waals surface area contributed by atoms with Gasteiger partial charge < -0.3 is 19.7 Å². The first-order valence-electron chi connectivity index (χ1n) is 6.39. The van der Waals surface area contributed by atoms with Crippen LogP contribution >= 0.6 is 0 Å². The Bertz CT molecular complexity index is 206. The average molecular weight is 263 g/mol. The largest absolute Gasteiger partial charge is 0.492 e. The maximum absolute atomic E-state index is 11.3. The fourth-order valence-corrected chi connectivity index (χ4v) is 2.18. The molecule has 0 fully saturated rings. The monoisotopic (exact) mass is 263 g/mol. The predicted molar refractivity (Wildman–Crippen MR) is 68.2 cm³/mol. The van der Waals surface area contributed by atoms with Crippen molar-refractivity contribution in [2.24, 2.45) is 0 Å². The van der Waals surface area contributed by atoms with Gasteiger partial charge in [-0.15, -0.1) is 0 Å². The first-order valence-corrected chi connectivity index (χ1v) is 8.44. The van der Waals surface area contributed by atoms with Gasteiger partial charge in [0.2, 0.25) is 5.91 Å². The minimum absolute atomic E-state index is 0.00239. The second-order valence-corrected chi connectivity index (χ2v) is 6.44. The summed E-state index contributed by atoms with van der Waals surface area (Å²) in [5.74, 6) is 0.00239. The molecule has 6 heteroatoms. The van der Waals surface area contributed by atoms with Crippen molar-refractivity contribution in [1.29, 1.82) is 0 Å². The SMILES string of the molecule is CCCCCCCC(=O)NCCC[Si](O)(O)O. The van der Waals surface area contributed by atoms with Crippen LogP contribution in [0.5, 0.6) is 0 Å². The third kappa shape index (κ3) is 13.5. The average Bonchev–Trinajstić information content (AvgIpc) is 2.23. The van der Waals surface area contributed by atoms with Crippen molar-refractivity contribution in [3.8, 4) is 0 Å². The molecule has 0 saturated carbocycles. The topological polar surface area (TPSA) is 89.8 Å². The summed E-state index contributed by atoms with van der Waals surface area (Å²) in [4.78, 5) is 37.5. The normalized spacial score (nSPS) is 11.5. The highest BCUT2D eigenvalue weighted by Crippen LogP contribution is 2.05. The lowest BCUT2D eigenvalue weighted by Crippen LogP contribution is -2.35. The highest BCUT2D eigenvalue weighted by Gasteiger charge is 2.25. The Balaban J connectivity index is 3.29. The van der Waals surface area contributed by atoms with E-state index >= 15 is 0 Å². The minimum atomic E-state index is -3.92. The molecule has 0 aliphatic heterocycles. The fraction of sp³-hybridized carbons (Fsp3) is 0.909. The Labute approximate surface area is 104 Å². The maximum Gasteiger partial charge on any atom is 0.492 e. The van der Waals surface area contributed by atoms with E-state index in [4.69, 9.17) is 14.4 Å². The molecule has 0 rings (SSSR count). The lowest BCUT2D eigenvalue weighted by atomic mass is 10.1. The summed E-state index contributed by atoms with van der Waals surface area (Å²) in [6.07, 6.45) is 6.52. The van der Waals surface area contributed by atoms with Crippen molar-refractivity contribution < 1.29 is 19.2 Å². The predicted octanol–water partition coefficient (Wildman–Crippen LogP) is 0.769. The molecule has 0 radical (unpaired) electrons. The molecule has 17 heavy (non-hydrogen) atoms. The molecule has 0 aromatic carbocycles. The van der Waals surface area contributed by atoms with Crippen LogP contribution in [0.15, 0.2) is 0 Å². The van der Waals surface area contributed by atoms with Gasteiger partial charge in [-0.1, -0.05) is 32.6 Å². The Hall–Kier alpha value is -0.433. The number of rotatable bonds is 10. The van der Waals surface area contributed by atoms with Crippen LogP contribution in [0.4, 0.5) is 0 Å². The van der Waals surface area contributed by atoms with Gasteiger partial charge in [-0.3, -0.25) is 4.79 Å². The lowest BCUT2D eigenvalue weighted by Gasteiger charge is -2.09. The van der Waals surface area contributed by atoms with Crippen LogP contribution in [0.25, 0.3) is 0 Å². The number of carbonyl (C=O) groups excluding carboxylic acids is 1. The van der Waals surface area contributed by atoms with Crippen LogP contribution in [0.3, 0.4) is 0 Å². The highest BCUT2D eigenvalue weighted by atomic mass is 28.4. The maximum atomic E-state index is 11.3. The van der Waals surface area contributed by atoms with E-state index in [2.05, 4.69) is 12.2 Å². The number of amides is 1. The summed E-state index contributed by atoms with van der Waals surface area (Å²) in [7, 11) is -3.92. The molecule has 4 N–H and O–H groups in total. The van der Waals surface area contributed by atoms with Gasteiger partial charge in [-0.25, -0.2) is 0 Å². The zero-order chi connectivity index (χ0) is 13.1. The zero-order valence-corrected chi connectivity index (χ0v) is 11.6. The van der Waals surface area contributed by atoms with Crippen molar-refractivity contribution >= 4 is 14.7 Å². The Morgan fingerprint density at radius 2 is 1.71 bits per heavy atom. The molecule has 0 aromatic rings. The summed E-state index contributed by atoms with van der Waals surface area (Å²) in [5.41, 5.74) is 0. The molecule has 0 heterocycles. The van der Waals surface area contributed by atoms with Gasteiger partial charge >= 0.3 is 8.80 Å². The fourth-order valence-electron chi connectivity index (χ4n) is 1.53. The van der Waals surface area contributed by atoms with Crippen LogP contribution in [0.1, 0.15) is 51.9 Å². The lowest BCUT2D eigenvalue weighted by molar-refractivity contribution is -0.121. The van der Waals surface area contributed by atoms with Crippen molar-refractivity contribution in [2.45, 2.75) is 57.9 Å². The van der Waals surface area contributed by atoms with Crippen LogP contribution in [-0.4, -0.2) is 35.6 Å². The van der Waals surface area contributed by atoms with Crippen LogP contribution in [0.2, 0.25) is 6.04 Å². The Morgan fingerprint density at radius 3 is 2.29 bits per heavy atom. The smallest absolute Gasteiger partial charge is 0.390 e. The van der Waals surface area contributed by atoms with Gasteiger partial charge in [0, 0.05) is 19.0 Å².